The van der Waals surface area contributed by atoms with Crippen LogP contribution in [-0.4, -0.2) is 40.5 Å². The number of benzene rings is 1. The largest absolute Gasteiger partial charge is 0.446 e. The van der Waals surface area contributed by atoms with Gasteiger partial charge in [0.25, 0.3) is 0 Å². The first-order chi connectivity index (χ1) is 13.4. The maximum Gasteiger partial charge on any atom is 0.446 e. The first-order valence-electron chi connectivity index (χ1n) is 7.92. The number of rotatable bonds is 7. The van der Waals surface area contributed by atoms with E-state index in [-0.39, 0.29) is 34.0 Å². The standard InChI is InChI=1S/C14H12BrFN6O5S/c15-8-5-7(1-2-9(8)16)22-12(20-26-13(22)23)10-11(19-27-18-10)17-6-14(3-4-14)21-28(24)25/h1-2,5,28H,3-4,6H2,(H,17,19)(H,21,24,25). The number of hydrogen-bond donors (Lipinski definition) is 3. The molecular formula is C14H12BrFN6O5S. The Morgan fingerprint density at radius 1 is 1.29 bits per heavy atom. The first-order valence-corrected chi connectivity index (χ1v) is 9.89. The zero-order valence-corrected chi connectivity index (χ0v) is 16.4. The zero-order valence-electron chi connectivity index (χ0n) is 13.9. The summed E-state index contributed by atoms with van der Waals surface area (Å²) in [7, 11) is -2.74. The molecule has 2 aromatic heterocycles. The number of nitrogens with zero attached hydrogens (tertiary/aromatic N) is 4. The lowest BCUT2D eigenvalue weighted by Gasteiger charge is -2.13. The molecule has 0 aliphatic heterocycles. The Hall–Kier alpha value is -2.58. The Morgan fingerprint density at radius 2 is 2.07 bits per heavy atom. The van der Waals surface area contributed by atoms with E-state index in [1.165, 1.54) is 18.2 Å². The second-order valence-corrected chi connectivity index (χ2v) is 7.76. The summed E-state index contributed by atoms with van der Waals surface area (Å²) in [5.74, 6) is -1.18. The third-order valence-electron chi connectivity index (χ3n) is 4.24. The molecule has 11 nitrogen and oxygen atoms in total. The Bertz CT molecular complexity index is 1160. The van der Waals surface area contributed by atoms with Crippen molar-refractivity contribution < 1.29 is 22.0 Å². The van der Waals surface area contributed by atoms with Crippen LogP contribution in [-0.2, 0) is 10.9 Å². The number of anilines is 1. The average Bonchev–Trinajstić information content (AvgIpc) is 3.07. The van der Waals surface area contributed by atoms with Crippen LogP contribution in [0.15, 0.2) is 36.6 Å². The third-order valence-corrected chi connectivity index (χ3v) is 5.51. The number of thiol groups is 1. The van der Waals surface area contributed by atoms with Gasteiger partial charge >= 0.3 is 5.76 Å². The van der Waals surface area contributed by atoms with Crippen LogP contribution in [0, 0.1) is 5.82 Å². The van der Waals surface area contributed by atoms with Crippen molar-refractivity contribution >= 4 is 32.6 Å². The van der Waals surface area contributed by atoms with E-state index in [0.29, 0.717) is 12.8 Å². The van der Waals surface area contributed by atoms with Crippen LogP contribution in [0.5, 0.6) is 0 Å². The lowest BCUT2D eigenvalue weighted by Crippen LogP contribution is -2.36. The van der Waals surface area contributed by atoms with E-state index in [1.54, 1.807) is 0 Å². The van der Waals surface area contributed by atoms with Crippen molar-refractivity contribution in [1.29, 1.82) is 0 Å². The third kappa shape index (κ3) is 3.57. The molecule has 1 aliphatic rings. The smallest absolute Gasteiger partial charge is 0.363 e. The molecular weight excluding hydrogens is 463 g/mol. The summed E-state index contributed by atoms with van der Waals surface area (Å²) in [6.45, 7) is 0.238. The summed E-state index contributed by atoms with van der Waals surface area (Å²) in [6, 6.07) is 3.93. The molecule has 14 heteroatoms. The molecule has 0 spiro atoms. The fourth-order valence-corrected chi connectivity index (χ4v) is 3.68. The Morgan fingerprint density at radius 3 is 2.75 bits per heavy atom. The molecule has 1 aromatic carbocycles. The quantitative estimate of drug-likeness (QED) is 0.423. The van der Waals surface area contributed by atoms with Crippen LogP contribution in [0.2, 0.25) is 0 Å². The maximum atomic E-state index is 13.5. The molecule has 0 radical (unpaired) electrons. The topological polar surface area (TPSA) is 145 Å². The minimum absolute atomic E-state index is 0.0139. The number of hydrogen-bond acceptors (Lipinski definition) is 9. The van der Waals surface area contributed by atoms with E-state index in [1.807, 2.05) is 0 Å². The highest BCUT2D eigenvalue weighted by Crippen LogP contribution is 2.36. The second-order valence-electron chi connectivity index (χ2n) is 6.17. The highest BCUT2D eigenvalue weighted by Gasteiger charge is 2.43. The molecule has 3 aromatic rings. The maximum absolute atomic E-state index is 13.5. The molecule has 148 valence electrons. The van der Waals surface area contributed by atoms with Gasteiger partial charge in [-0.15, -0.1) is 0 Å². The molecule has 0 atom stereocenters. The Labute approximate surface area is 166 Å². The molecule has 0 unspecified atom stereocenters. The normalized spacial score (nSPS) is 15.1. The highest BCUT2D eigenvalue weighted by molar-refractivity contribution is 9.10. The molecule has 1 aliphatic carbocycles. The van der Waals surface area contributed by atoms with Crippen molar-refractivity contribution in [2.24, 2.45) is 0 Å². The summed E-state index contributed by atoms with van der Waals surface area (Å²) in [6.07, 6.45) is 1.34. The van der Waals surface area contributed by atoms with E-state index in [4.69, 9.17) is 9.15 Å². The summed E-state index contributed by atoms with van der Waals surface area (Å²) in [5, 5.41) is 14.1. The van der Waals surface area contributed by atoms with E-state index >= 15 is 0 Å². The molecule has 0 amide bonds. The van der Waals surface area contributed by atoms with Gasteiger partial charge < -0.3 is 5.32 Å². The predicted molar refractivity (Wildman–Crippen MR) is 97.0 cm³/mol. The Kier molecular flexibility index (Phi) is 4.76. The van der Waals surface area contributed by atoms with Gasteiger partial charge in [-0.2, -0.15) is 0 Å². The number of halogens is 2. The van der Waals surface area contributed by atoms with Crippen LogP contribution < -0.4 is 15.8 Å². The SMILES string of the molecule is O=c1onc(-c2nonc2NCC2(N[SH](=O)=O)CC2)n1-c1ccc(F)c(Br)c1. The van der Waals surface area contributed by atoms with Gasteiger partial charge in [0.15, 0.2) is 5.69 Å². The van der Waals surface area contributed by atoms with E-state index in [2.05, 4.69) is 41.4 Å². The number of nitrogens with one attached hydrogen (secondary N) is 2. The fraction of sp³-hybridized carbons (Fsp3) is 0.286. The summed E-state index contributed by atoms with van der Waals surface area (Å²) in [4.78, 5) is 12.1. The molecule has 28 heavy (non-hydrogen) atoms. The lowest BCUT2D eigenvalue weighted by atomic mass is 10.2. The Balaban J connectivity index is 1.66. The highest BCUT2D eigenvalue weighted by atomic mass is 79.9. The first kappa shape index (κ1) is 18.8. The van der Waals surface area contributed by atoms with Crippen LogP contribution in [0.3, 0.4) is 0 Å². The van der Waals surface area contributed by atoms with Gasteiger partial charge in [-0.1, -0.05) is 5.16 Å². The van der Waals surface area contributed by atoms with Gasteiger partial charge in [-0.25, -0.2) is 31.5 Å². The van der Waals surface area contributed by atoms with Gasteiger partial charge in [0.1, 0.15) is 5.82 Å². The average molecular weight is 475 g/mol. The predicted octanol–water partition coefficient (Wildman–Crippen LogP) is 0.838. The van der Waals surface area contributed by atoms with Crippen molar-refractivity contribution in [1.82, 2.24) is 24.8 Å². The minimum Gasteiger partial charge on any atom is -0.363 e. The number of aromatic nitrogens is 4. The van der Waals surface area contributed by atoms with E-state index < -0.39 is 28.0 Å². The van der Waals surface area contributed by atoms with Crippen LogP contribution in [0.25, 0.3) is 17.2 Å². The van der Waals surface area contributed by atoms with E-state index in [9.17, 15) is 17.6 Å². The molecule has 0 saturated heterocycles. The van der Waals surface area contributed by atoms with Gasteiger partial charge in [-0.3, -0.25) is 4.52 Å². The van der Waals surface area contributed by atoms with Gasteiger partial charge in [-0.05, 0) is 57.3 Å². The van der Waals surface area contributed by atoms with Crippen LogP contribution in [0.4, 0.5) is 10.2 Å². The van der Waals surface area contributed by atoms with E-state index in [0.717, 1.165) is 4.57 Å². The van der Waals surface area contributed by atoms with Crippen molar-refractivity contribution in [3.05, 3.63) is 39.0 Å². The molecule has 2 heterocycles. The van der Waals surface area contributed by atoms with Gasteiger partial charge in [0.05, 0.1) is 10.2 Å². The zero-order chi connectivity index (χ0) is 19.9. The molecule has 1 fully saturated rings. The molecule has 0 bridgehead atoms. The monoisotopic (exact) mass is 474 g/mol. The summed E-state index contributed by atoms with van der Waals surface area (Å²) >= 11 is 3.06. The van der Waals surface area contributed by atoms with Crippen molar-refractivity contribution in [2.75, 3.05) is 11.9 Å². The molecule has 4 rings (SSSR count). The van der Waals surface area contributed by atoms with Crippen molar-refractivity contribution in [3.63, 3.8) is 0 Å². The fourth-order valence-electron chi connectivity index (χ4n) is 2.63. The van der Waals surface area contributed by atoms with Crippen LogP contribution in [0.1, 0.15) is 12.8 Å². The van der Waals surface area contributed by atoms with Crippen molar-refractivity contribution in [3.8, 4) is 17.2 Å². The van der Waals surface area contributed by atoms with Crippen molar-refractivity contribution in [2.45, 2.75) is 18.4 Å². The second kappa shape index (κ2) is 7.10. The van der Waals surface area contributed by atoms with Gasteiger partial charge in [0.2, 0.25) is 22.5 Å². The van der Waals surface area contributed by atoms with Gasteiger partial charge in [0, 0.05) is 12.1 Å². The molecule has 2 N–H and O–H groups in total. The van der Waals surface area contributed by atoms with Crippen LogP contribution >= 0.6 is 15.9 Å². The minimum atomic E-state index is -2.74. The summed E-state index contributed by atoms with van der Waals surface area (Å²) in [5.41, 5.74) is -0.225. The summed E-state index contributed by atoms with van der Waals surface area (Å²) < 4.78 is 48.5. The molecule has 1 saturated carbocycles. The lowest BCUT2D eigenvalue weighted by molar-refractivity contribution is 0.309.